The normalized spacial score (nSPS) is 22.0. The second-order valence-corrected chi connectivity index (χ2v) is 6.68. The molecule has 0 N–H and O–H groups in total. The number of ether oxygens (including phenoxy) is 1. The molecule has 3 heteroatoms. The minimum absolute atomic E-state index is 0.141. The third-order valence-electron chi connectivity index (χ3n) is 5.02. The molecule has 118 valence electrons. The van der Waals surface area contributed by atoms with E-state index < -0.39 is 0 Å². The standard InChI is InChI=1S/C20H20O3/c1-12-5-2-6-13(11-12)18-19-14(21)7-3-9-16(19)23-17-10-4-8-15(22)20(17)18/h2,5-6,11,18H,3-4,7-10H2,1H3. The number of aryl methyl sites for hydroxylation is 1. The van der Waals surface area contributed by atoms with E-state index in [9.17, 15) is 9.59 Å². The highest BCUT2D eigenvalue weighted by molar-refractivity contribution is 6.05. The van der Waals surface area contributed by atoms with Crippen LogP contribution in [0.2, 0.25) is 0 Å². The Hall–Kier alpha value is -2.16. The van der Waals surface area contributed by atoms with Crippen LogP contribution in [0, 0.1) is 6.92 Å². The Kier molecular flexibility index (Phi) is 3.44. The van der Waals surface area contributed by atoms with Gasteiger partial charge in [0.2, 0.25) is 0 Å². The van der Waals surface area contributed by atoms with Crippen molar-refractivity contribution >= 4 is 11.6 Å². The first kappa shape index (κ1) is 14.4. The fourth-order valence-corrected chi connectivity index (χ4v) is 4.00. The van der Waals surface area contributed by atoms with Crippen molar-refractivity contribution in [2.45, 2.75) is 51.4 Å². The highest BCUT2D eigenvalue weighted by Gasteiger charge is 2.41. The van der Waals surface area contributed by atoms with Crippen LogP contribution in [-0.2, 0) is 14.3 Å². The van der Waals surface area contributed by atoms with E-state index in [0.717, 1.165) is 59.5 Å². The van der Waals surface area contributed by atoms with Gasteiger partial charge in [-0.1, -0.05) is 29.8 Å². The molecule has 0 saturated carbocycles. The lowest BCUT2D eigenvalue weighted by molar-refractivity contribution is -0.117. The lowest BCUT2D eigenvalue weighted by Gasteiger charge is -2.36. The molecule has 0 fully saturated rings. The number of rotatable bonds is 1. The Bertz CT molecular complexity index is 725. The van der Waals surface area contributed by atoms with E-state index in [4.69, 9.17) is 4.74 Å². The molecule has 2 aliphatic carbocycles. The second-order valence-electron chi connectivity index (χ2n) is 6.68. The van der Waals surface area contributed by atoms with Crippen molar-refractivity contribution in [3.05, 3.63) is 58.1 Å². The average Bonchev–Trinajstić information content (AvgIpc) is 2.53. The first-order valence-corrected chi connectivity index (χ1v) is 8.42. The molecular weight excluding hydrogens is 288 g/mol. The van der Waals surface area contributed by atoms with Gasteiger partial charge in [0.15, 0.2) is 11.6 Å². The highest BCUT2D eigenvalue weighted by atomic mass is 16.5. The van der Waals surface area contributed by atoms with Crippen molar-refractivity contribution in [2.75, 3.05) is 0 Å². The van der Waals surface area contributed by atoms with Gasteiger partial charge in [-0.2, -0.15) is 0 Å². The zero-order valence-corrected chi connectivity index (χ0v) is 13.4. The molecule has 0 amide bonds. The summed E-state index contributed by atoms with van der Waals surface area (Å²) in [6, 6.07) is 8.16. The molecule has 4 rings (SSSR count). The summed E-state index contributed by atoms with van der Waals surface area (Å²) in [5.41, 5.74) is 3.65. The molecule has 23 heavy (non-hydrogen) atoms. The maximum atomic E-state index is 12.6. The number of carbonyl (C=O) groups is 2. The van der Waals surface area contributed by atoms with Crippen molar-refractivity contribution in [1.29, 1.82) is 0 Å². The van der Waals surface area contributed by atoms with Crippen LogP contribution in [0.25, 0.3) is 0 Å². The van der Waals surface area contributed by atoms with E-state index >= 15 is 0 Å². The van der Waals surface area contributed by atoms with E-state index in [1.807, 2.05) is 25.1 Å². The number of ketones is 2. The molecule has 1 aromatic rings. The molecule has 0 radical (unpaired) electrons. The second kappa shape index (κ2) is 5.48. The van der Waals surface area contributed by atoms with E-state index in [1.165, 1.54) is 0 Å². The van der Waals surface area contributed by atoms with Crippen molar-refractivity contribution in [3.8, 4) is 0 Å². The molecule has 1 aromatic carbocycles. The molecule has 3 nitrogen and oxygen atoms in total. The van der Waals surface area contributed by atoms with E-state index in [0.29, 0.717) is 12.8 Å². The molecule has 0 spiro atoms. The van der Waals surface area contributed by atoms with Crippen molar-refractivity contribution in [2.24, 2.45) is 0 Å². The van der Waals surface area contributed by atoms with Crippen molar-refractivity contribution in [3.63, 3.8) is 0 Å². The minimum Gasteiger partial charge on any atom is -0.465 e. The first-order valence-electron chi connectivity index (χ1n) is 8.42. The summed E-state index contributed by atoms with van der Waals surface area (Å²) < 4.78 is 6.03. The molecule has 0 saturated heterocycles. The Morgan fingerprint density at radius 1 is 0.913 bits per heavy atom. The van der Waals surface area contributed by atoms with Crippen LogP contribution in [0.1, 0.15) is 55.6 Å². The van der Waals surface area contributed by atoms with Gasteiger partial charge >= 0.3 is 0 Å². The number of benzene rings is 1. The van der Waals surface area contributed by atoms with Crippen LogP contribution in [0.3, 0.4) is 0 Å². The largest absolute Gasteiger partial charge is 0.465 e. The summed E-state index contributed by atoms with van der Waals surface area (Å²) in [6.07, 6.45) is 4.40. The zero-order chi connectivity index (χ0) is 16.0. The predicted molar refractivity (Wildman–Crippen MR) is 86.8 cm³/mol. The Labute approximate surface area is 136 Å². The first-order chi connectivity index (χ1) is 11.1. The number of allylic oxidation sites excluding steroid dienone is 4. The van der Waals surface area contributed by atoms with Crippen LogP contribution >= 0.6 is 0 Å². The van der Waals surface area contributed by atoms with Gasteiger partial charge in [-0.3, -0.25) is 9.59 Å². The maximum Gasteiger partial charge on any atom is 0.163 e. The van der Waals surface area contributed by atoms with Gasteiger partial charge in [-0.05, 0) is 25.3 Å². The summed E-state index contributed by atoms with van der Waals surface area (Å²) in [4.78, 5) is 25.2. The Morgan fingerprint density at radius 3 is 2.09 bits per heavy atom. The lowest BCUT2D eigenvalue weighted by atomic mass is 9.73. The molecule has 0 aromatic heterocycles. The predicted octanol–water partition coefficient (Wildman–Crippen LogP) is 4.12. The summed E-state index contributed by atoms with van der Waals surface area (Å²) in [5.74, 6) is 1.67. The lowest BCUT2D eigenvalue weighted by Crippen LogP contribution is -2.30. The maximum absolute atomic E-state index is 12.6. The van der Waals surface area contributed by atoms with Gasteiger partial charge in [-0.25, -0.2) is 0 Å². The minimum atomic E-state index is -0.228. The zero-order valence-electron chi connectivity index (χ0n) is 13.4. The van der Waals surface area contributed by atoms with Crippen LogP contribution in [0.4, 0.5) is 0 Å². The van der Waals surface area contributed by atoms with Gasteiger partial charge in [-0.15, -0.1) is 0 Å². The number of carbonyl (C=O) groups excluding carboxylic acids is 2. The van der Waals surface area contributed by atoms with E-state index in [-0.39, 0.29) is 17.5 Å². The molecule has 0 unspecified atom stereocenters. The molecule has 3 aliphatic rings. The highest BCUT2D eigenvalue weighted by Crippen LogP contribution is 2.47. The summed E-state index contributed by atoms with van der Waals surface area (Å²) in [5, 5.41) is 0. The fourth-order valence-electron chi connectivity index (χ4n) is 4.00. The summed E-state index contributed by atoms with van der Waals surface area (Å²) in [6.45, 7) is 2.04. The third kappa shape index (κ3) is 2.35. The van der Waals surface area contributed by atoms with Gasteiger partial charge in [0.25, 0.3) is 0 Å². The molecule has 0 atom stereocenters. The quantitative estimate of drug-likeness (QED) is 0.783. The number of hydrogen-bond acceptors (Lipinski definition) is 3. The van der Waals surface area contributed by atoms with Crippen LogP contribution in [0.15, 0.2) is 46.9 Å². The SMILES string of the molecule is Cc1cccc(C2C3=C(CCCC3=O)OC3=C2C(=O)CCC3)c1. The van der Waals surface area contributed by atoms with E-state index in [2.05, 4.69) is 6.07 Å². The Morgan fingerprint density at radius 2 is 1.52 bits per heavy atom. The smallest absolute Gasteiger partial charge is 0.163 e. The molecule has 1 aliphatic heterocycles. The summed E-state index contributed by atoms with van der Waals surface area (Å²) >= 11 is 0. The number of Topliss-reactive ketones (excluding diaryl/α,β-unsaturated/α-hetero) is 2. The number of hydrogen-bond donors (Lipinski definition) is 0. The van der Waals surface area contributed by atoms with Crippen molar-refractivity contribution in [1.82, 2.24) is 0 Å². The van der Waals surface area contributed by atoms with Crippen molar-refractivity contribution < 1.29 is 14.3 Å². The molecular formula is C20H20O3. The summed E-state index contributed by atoms with van der Waals surface area (Å²) in [7, 11) is 0. The molecule has 0 bridgehead atoms. The van der Waals surface area contributed by atoms with Gasteiger partial charge in [0.05, 0.1) is 0 Å². The van der Waals surface area contributed by atoms with Gasteiger partial charge in [0, 0.05) is 42.7 Å². The van der Waals surface area contributed by atoms with Crippen LogP contribution in [0.5, 0.6) is 0 Å². The topological polar surface area (TPSA) is 43.4 Å². The Balaban J connectivity index is 1.92. The van der Waals surface area contributed by atoms with Gasteiger partial charge < -0.3 is 4.74 Å². The average molecular weight is 308 g/mol. The van der Waals surface area contributed by atoms with Crippen LogP contribution in [-0.4, -0.2) is 11.6 Å². The fraction of sp³-hybridized carbons (Fsp3) is 0.400. The van der Waals surface area contributed by atoms with Gasteiger partial charge in [0.1, 0.15) is 11.5 Å². The van der Waals surface area contributed by atoms with E-state index in [1.54, 1.807) is 0 Å². The molecule has 1 heterocycles. The van der Waals surface area contributed by atoms with Crippen LogP contribution < -0.4 is 0 Å². The monoisotopic (exact) mass is 308 g/mol. The third-order valence-corrected chi connectivity index (χ3v) is 5.02.